The number of hydrogen-bond acceptors (Lipinski definition) is 1. The van der Waals surface area contributed by atoms with Crippen LogP contribution in [-0.4, -0.2) is 11.2 Å². The number of benzene rings is 1. The fourth-order valence-corrected chi connectivity index (χ4v) is 2.48. The fraction of sp³-hybridized carbons (Fsp3) is 0.364. The number of carbonyl (C=O) groups excluding carboxylic acids is 1. The third-order valence-corrected chi connectivity index (χ3v) is 3.54. The fourth-order valence-electron chi connectivity index (χ4n) is 1.18. The Morgan fingerprint density at radius 2 is 2.19 bits per heavy atom. The van der Waals surface area contributed by atoms with Crippen molar-refractivity contribution in [2.75, 3.05) is 10.6 Å². The smallest absolute Gasteiger partial charge is 0.224 e. The normalized spacial score (nSPS) is 10.2. The van der Waals surface area contributed by atoms with Gasteiger partial charge in [-0.15, -0.1) is 0 Å². The number of anilines is 1. The first-order valence-electron chi connectivity index (χ1n) is 4.94. The van der Waals surface area contributed by atoms with Gasteiger partial charge in [0.2, 0.25) is 5.91 Å². The Morgan fingerprint density at radius 1 is 1.44 bits per heavy atom. The number of halogens is 3. The summed E-state index contributed by atoms with van der Waals surface area (Å²) in [4.78, 5) is 11.5. The van der Waals surface area contributed by atoms with Gasteiger partial charge in [0, 0.05) is 15.3 Å². The van der Waals surface area contributed by atoms with E-state index in [1.807, 2.05) is 18.2 Å². The van der Waals surface area contributed by atoms with E-state index in [-0.39, 0.29) is 5.91 Å². The van der Waals surface area contributed by atoms with E-state index in [9.17, 15) is 4.79 Å². The summed E-state index contributed by atoms with van der Waals surface area (Å²) < 4.78 is 1.06. The molecule has 0 unspecified atom stereocenters. The molecule has 2 nitrogen and oxygen atoms in total. The first-order valence-corrected chi connectivity index (χ1v) is 7.52. The second-order valence-electron chi connectivity index (χ2n) is 3.32. The minimum Gasteiger partial charge on any atom is -0.325 e. The molecule has 5 heteroatoms. The van der Waals surface area contributed by atoms with Gasteiger partial charge in [-0.1, -0.05) is 27.5 Å². The van der Waals surface area contributed by atoms with Crippen LogP contribution in [0.5, 0.6) is 0 Å². The average Bonchev–Trinajstić information content (AvgIpc) is 2.23. The molecule has 0 atom stereocenters. The number of amides is 1. The van der Waals surface area contributed by atoms with E-state index in [4.69, 9.17) is 11.6 Å². The Morgan fingerprint density at radius 3 is 2.81 bits per heavy atom. The van der Waals surface area contributed by atoms with E-state index in [0.717, 1.165) is 21.7 Å². The van der Waals surface area contributed by atoms with Crippen LogP contribution >= 0.6 is 50.1 Å². The molecule has 0 fully saturated rings. The highest BCUT2D eigenvalue weighted by atomic mass is 127. The third-order valence-electron chi connectivity index (χ3n) is 1.99. The Kier molecular flexibility index (Phi) is 6.68. The van der Waals surface area contributed by atoms with Gasteiger partial charge in [-0.25, -0.2) is 0 Å². The lowest BCUT2D eigenvalue weighted by molar-refractivity contribution is -0.116. The van der Waals surface area contributed by atoms with E-state index in [0.29, 0.717) is 17.1 Å². The second kappa shape index (κ2) is 7.50. The molecule has 16 heavy (non-hydrogen) atoms. The van der Waals surface area contributed by atoms with Crippen LogP contribution in [0, 0.1) is 3.57 Å². The highest BCUT2D eigenvalue weighted by Crippen LogP contribution is 2.24. The molecule has 0 spiro atoms. The molecule has 88 valence electrons. The summed E-state index contributed by atoms with van der Waals surface area (Å²) in [5, 5.41) is 4.33. The van der Waals surface area contributed by atoms with Crippen LogP contribution in [-0.2, 0) is 4.79 Å². The van der Waals surface area contributed by atoms with E-state index in [1.165, 1.54) is 0 Å². The van der Waals surface area contributed by atoms with E-state index in [2.05, 4.69) is 43.8 Å². The van der Waals surface area contributed by atoms with Crippen LogP contribution < -0.4 is 5.32 Å². The summed E-state index contributed by atoms with van der Waals surface area (Å²) in [6.45, 7) is 0. The average molecular weight is 416 g/mol. The van der Waals surface area contributed by atoms with Gasteiger partial charge in [0.1, 0.15) is 0 Å². The second-order valence-corrected chi connectivity index (χ2v) is 5.76. The van der Waals surface area contributed by atoms with Gasteiger partial charge >= 0.3 is 0 Å². The van der Waals surface area contributed by atoms with Crippen LogP contribution in [0.25, 0.3) is 0 Å². The predicted molar refractivity (Wildman–Crippen MR) is 80.4 cm³/mol. The summed E-state index contributed by atoms with van der Waals surface area (Å²) in [6, 6.07) is 5.57. The number of nitrogens with one attached hydrogen (secondary N) is 1. The Labute approximate surface area is 122 Å². The highest BCUT2D eigenvalue weighted by Gasteiger charge is 2.05. The number of carbonyl (C=O) groups is 1. The van der Waals surface area contributed by atoms with E-state index < -0.39 is 0 Å². The quantitative estimate of drug-likeness (QED) is 0.429. The van der Waals surface area contributed by atoms with Gasteiger partial charge in [-0.2, -0.15) is 0 Å². The number of rotatable bonds is 5. The zero-order valence-corrected chi connectivity index (χ0v) is 13.1. The van der Waals surface area contributed by atoms with Crippen LogP contribution in [0.3, 0.4) is 0 Å². The van der Waals surface area contributed by atoms with Gasteiger partial charge in [-0.3, -0.25) is 4.79 Å². The molecule has 0 bridgehead atoms. The van der Waals surface area contributed by atoms with Crippen molar-refractivity contribution in [3.63, 3.8) is 0 Å². The van der Waals surface area contributed by atoms with Crippen molar-refractivity contribution in [1.82, 2.24) is 0 Å². The predicted octanol–water partition coefficient (Wildman–Crippen LogP) is 4.45. The van der Waals surface area contributed by atoms with Gasteiger partial charge in [0.05, 0.1) is 10.7 Å². The Hall–Kier alpha value is 0.190. The van der Waals surface area contributed by atoms with Crippen LogP contribution in [0.1, 0.15) is 19.3 Å². The van der Waals surface area contributed by atoms with Crippen LogP contribution in [0.15, 0.2) is 18.2 Å². The van der Waals surface area contributed by atoms with Crippen molar-refractivity contribution in [2.24, 2.45) is 0 Å². The molecule has 1 amide bonds. The molecule has 0 saturated carbocycles. The molecule has 0 aromatic heterocycles. The molecular weight excluding hydrogens is 404 g/mol. The molecule has 0 radical (unpaired) electrons. The third kappa shape index (κ3) is 5.01. The molecule has 1 rings (SSSR count). The lowest BCUT2D eigenvalue weighted by Gasteiger charge is -2.07. The van der Waals surface area contributed by atoms with Gasteiger partial charge in [0.15, 0.2) is 0 Å². The molecule has 1 N–H and O–H groups in total. The molecule has 0 aliphatic carbocycles. The first kappa shape index (κ1) is 14.3. The standard InChI is InChI=1S/C11H12BrClINO/c12-6-2-1-3-11(16)15-10-5-4-8(14)7-9(10)13/h4-5,7H,1-3,6H2,(H,15,16). The highest BCUT2D eigenvalue weighted by molar-refractivity contribution is 14.1. The van der Waals surface area contributed by atoms with E-state index >= 15 is 0 Å². The van der Waals surface area contributed by atoms with E-state index in [1.54, 1.807) is 0 Å². The largest absolute Gasteiger partial charge is 0.325 e. The summed E-state index contributed by atoms with van der Waals surface area (Å²) >= 11 is 11.5. The molecule has 0 saturated heterocycles. The molecule has 1 aromatic rings. The summed E-state index contributed by atoms with van der Waals surface area (Å²) in [7, 11) is 0. The summed E-state index contributed by atoms with van der Waals surface area (Å²) in [5.74, 6) is 0.0176. The van der Waals surface area contributed by atoms with Crippen molar-refractivity contribution in [3.8, 4) is 0 Å². The van der Waals surface area contributed by atoms with Gasteiger partial charge in [-0.05, 0) is 53.6 Å². The maximum Gasteiger partial charge on any atom is 0.224 e. The Balaban J connectivity index is 2.49. The number of hydrogen-bond donors (Lipinski definition) is 1. The van der Waals surface area contributed by atoms with Crippen molar-refractivity contribution >= 4 is 61.7 Å². The number of unbranched alkanes of at least 4 members (excludes halogenated alkanes) is 1. The maximum absolute atomic E-state index is 11.5. The Bertz CT molecular complexity index is 373. The minimum atomic E-state index is 0.0176. The first-order chi connectivity index (χ1) is 7.63. The molecule has 0 heterocycles. The van der Waals surface area contributed by atoms with Crippen LogP contribution in [0.4, 0.5) is 5.69 Å². The van der Waals surface area contributed by atoms with Crippen molar-refractivity contribution in [3.05, 3.63) is 26.8 Å². The number of alkyl halides is 1. The SMILES string of the molecule is O=C(CCCCBr)Nc1ccc(I)cc1Cl. The van der Waals surface area contributed by atoms with Gasteiger partial charge in [0.25, 0.3) is 0 Å². The molecule has 1 aromatic carbocycles. The monoisotopic (exact) mass is 415 g/mol. The topological polar surface area (TPSA) is 29.1 Å². The van der Waals surface area contributed by atoms with Crippen LogP contribution in [0.2, 0.25) is 5.02 Å². The summed E-state index contributed by atoms with van der Waals surface area (Å²) in [5.41, 5.74) is 0.686. The van der Waals surface area contributed by atoms with Crippen molar-refractivity contribution < 1.29 is 4.79 Å². The maximum atomic E-state index is 11.5. The van der Waals surface area contributed by atoms with Gasteiger partial charge < -0.3 is 5.32 Å². The lowest BCUT2D eigenvalue weighted by Crippen LogP contribution is -2.11. The zero-order chi connectivity index (χ0) is 12.0. The lowest BCUT2D eigenvalue weighted by atomic mass is 10.2. The molecule has 0 aliphatic heterocycles. The zero-order valence-electron chi connectivity index (χ0n) is 8.60. The van der Waals surface area contributed by atoms with Crippen molar-refractivity contribution in [1.29, 1.82) is 0 Å². The molecular formula is C11H12BrClINO. The van der Waals surface area contributed by atoms with Crippen molar-refractivity contribution in [2.45, 2.75) is 19.3 Å². The summed E-state index contributed by atoms with van der Waals surface area (Å²) in [6.07, 6.45) is 2.43. The minimum absolute atomic E-state index is 0.0176. The molecule has 0 aliphatic rings.